The maximum atomic E-state index is 4.34. The van der Waals surface area contributed by atoms with Crippen molar-refractivity contribution >= 4 is 29.9 Å². The normalized spacial score (nSPS) is 15.0. The Kier molecular flexibility index (Phi) is 7.74. The molecule has 6 heteroatoms. The maximum absolute atomic E-state index is 4.34. The molecule has 0 amide bonds. The number of nitrogens with zero attached hydrogens (tertiary/aromatic N) is 3. The first-order chi connectivity index (χ1) is 11.7. The van der Waals surface area contributed by atoms with E-state index < -0.39 is 0 Å². The number of aromatic nitrogens is 2. The van der Waals surface area contributed by atoms with Gasteiger partial charge in [0.25, 0.3) is 0 Å². The summed E-state index contributed by atoms with van der Waals surface area (Å²) < 4.78 is 2.16. The van der Waals surface area contributed by atoms with Crippen LogP contribution in [-0.2, 0) is 13.1 Å². The summed E-state index contributed by atoms with van der Waals surface area (Å²) in [5.74, 6) is 1.94. The fourth-order valence-corrected chi connectivity index (χ4v) is 3.25. The van der Waals surface area contributed by atoms with Crippen molar-refractivity contribution in [3.05, 3.63) is 53.6 Å². The number of hydrogen-bond donors (Lipinski definition) is 2. The second-order valence-electron chi connectivity index (χ2n) is 6.47. The van der Waals surface area contributed by atoms with E-state index in [1.54, 1.807) is 0 Å². The summed E-state index contributed by atoms with van der Waals surface area (Å²) in [6, 6.07) is 9.25. The minimum absolute atomic E-state index is 0. The molecule has 2 aromatic rings. The molecule has 0 bridgehead atoms. The van der Waals surface area contributed by atoms with Gasteiger partial charge in [0.2, 0.25) is 0 Å². The van der Waals surface area contributed by atoms with Gasteiger partial charge in [0.15, 0.2) is 5.96 Å². The Morgan fingerprint density at radius 1 is 1.28 bits per heavy atom. The van der Waals surface area contributed by atoms with Crippen molar-refractivity contribution in [3.63, 3.8) is 0 Å². The van der Waals surface area contributed by atoms with Gasteiger partial charge >= 0.3 is 0 Å². The number of rotatable bonds is 5. The summed E-state index contributed by atoms with van der Waals surface area (Å²) in [6.45, 7) is 3.67. The molecule has 1 aromatic carbocycles. The average molecular weight is 453 g/mol. The fraction of sp³-hybridized carbons (Fsp3) is 0.474. The zero-order valence-corrected chi connectivity index (χ0v) is 17.4. The molecule has 1 fully saturated rings. The Morgan fingerprint density at radius 3 is 2.72 bits per heavy atom. The first-order valence-corrected chi connectivity index (χ1v) is 8.77. The van der Waals surface area contributed by atoms with Gasteiger partial charge in [0, 0.05) is 38.6 Å². The van der Waals surface area contributed by atoms with Crippen LogP contribution in [-0.4, -0.2) is 28.6 Å². The van der Waals surface area contributed by atoms with Crippen molar-refractivity contribution in [2.75, 3.05) is 7.05 Å². The van der Waals surface area contributed by atoms with Crippen LogP contribution in [0.1, 0.15) is 42.6 Å². The van der Waals surface area contributed by atoms with Crippen LogP contribution in [0.4, 0.5) is 0 Å². The zero-order valence-electron chi connectivity index (χ0n) is 15.0. The predicted molar refractivity (Wildman–Crippen MR) is 114 cm³/mol. The highest BCUT2D eigenvalue weighted by Crippen LogP contribution is 2.17. The average Bonchev–Trinajstić information content (AvgIpc) is 3.24. The molecule has 0 spiro atoms. The van der Waals surface area contributed by atoms with Crippen molar-refractivity contribution in [1.29, 1.82) is 0 Å². The van der Waals surface area contributed by atoms with E-state index in [0.29, 0.717) is 6.04 Å². The summed E-state index contributed by atoms with van der Waals surface area (Å²) >= 11 is 0. The van der Waals surface area contributed by atoms with Crippen LogP contribution in [0.15, 0.2) is 41.7 Å². The lowest BCUT2D eigenvalue weighted by Crippen LogP contribution is -2.41. The molecule has 0 radical (unpaired) electrons. The molecular formula is C19H28IN5. The van der Waals surface area contributed by atoms with Gasteiger partial charge in [-0.25, -0.2) is 4.98 Å². The van der Waals surface area contributed by atoms with E-state index in [2.05, 4.69) is 49.4 Å². The van der Waals surface area contributed by atoms with E-state index in [9.17, 15) is 0 Å². The van der Waals surface area contributed by atoms with Crippen LogP contribution in [0.2, 0.25) is 0 Å². The third kappa shape index (κ3) is 5.73. The number of halogens is 1. The molecule has 25 heavy (non-hydrogen) atoms. The van der Waals surface area contributed by atoms with E-state index in [4.69, 9.17) is 0 Å². The predicted octanol–water partition coefficient (Wildman–Crippen LogP) is 3.47. The minimum Gasteiger partial charge on any atom is -0.354 e. The third-order valence-electron chi connectivity index (χ3n) is 4.65. The van der Waals surface area contributed by atoms with Crippen molar-refractivity contribution in [3.8, 4) is 0 Å². The summed E-state index contributed by atoms with van der Waals surface area (Å²) in [7, 11) is 1.84. The highest BCUT2D eigenvalue weighted by atomic mass is 127. The molecule has 1 heterocycles. The molecular weight excluding hydrogens is 425 g/mol. The van der Waals surface area contributed by atoms with Crippen LogP contribution in [0.5, 0.6) is 0 Å². The van der Waals surface area contributed by atoms with Gasteiger partial charge in [-0.2, -0.15) is 0 Å². The number of imidazole rings is 1. The van der Waals surface area contributed by atoms with Crippen molar-refractivity contribution in [1.82, 2.24) is 20.2 Å². The van der Waals surface area contributed by atoms with Gasteiger partial charge in [-0.1, -0.05) is 37.1 Å². The molecule has 1 saturated carbocycles. The largest absolute Gasteiger partial charge is 0.354 e. The Balaban J connectivity index is 0.00000225. The minimum atomic E-state index is 0. The van der Waals surface area contributed by atoms with Crippen LogP contribution >= 0.6 is 24.0 Å². The highest BCUT2D eigenvalue weighted by Gasteiger charge is 2.15. The first-order valence-electron chi connectivity index (χ1n) is 8.77. The third-order valence-corrected chi connectivity index (χ3v) is 4.65. The molecule has 2 N–H and O–H groups in total. The summed E-state index contributed by atoms with van der Waals surface area (Å²) in [4.78, 5) is 8.62. The van der Waals surface area contributed by atoms with Gasteiger partial charge in [-0.3, -0.25) is 4.99 Å². The maximum Gasteiger partial charge on any atom is 0.191 e. The smallest absolute Gasteiger partial charge is 0.191 e. The van der Waals surface area contributed by atoms with E-state index in [0.717, 1.165) is 24.9 Å². The molecule has 1 aliphatic rings. The number of aliphatic imine (C=N–C) groups is 1. The lowest BCUT2D eigenvalue weighted by atomic mass is 10.1. The molecule has 0 saturated heterocycles. The Hall–Kier alpha value is -1.57. The lowest BCUT2D eigenvalue weighted by molar-refractivity contribution is 0.613. The van der Waals surface area contributed by atoms with Gasteiger partial charge in [0.05, 0.1) is 0 Å². The number of benzene rings is 1. The quantitative estimate of drug-likeness (QED) is 0.414. The molecule has 1 aliphatic carbocycles. The number of nitrogens with one attached hydrogen (secondary N) is 2. The van der Waals surface area contributed by atoms with Crippen molar-refractivity contribution in [2.45, 2.75) is 51.7 Å². The second kappa shape index (κ2) is 9.79. The van der Waals surface area contributed by atoms with E-state index in [-0.39, 0.29) is 24.0 Å². The summed E-state index contributed by atoms with van der Waals surface area (Å²) in [5, 5.41) is 6.95. The second-order valence-corrected chi connectivity index (χ2v) is 6.47. The van der Waals surface area contributed by atoms with Crippen molar-refractivity contribution in [2.24, 2.45) is 4.99 Å². The number of guanidine groups is 1. The van der Waals surface area contributed by atoms with E-state index in [1.165, 1.54) is 36.8 Å². The first kappa shape index (κ1) is 19.8. The topological polar surface area (TPSA) is 54.2 Å². The Morgan fingerprint density at radius 2 is 2.04 bits per heavy atom. The number of hydrogen-bond acceptors (Lipinski definition) is 2. The number of aryl methyl sites for hydroxylation is 1. The molecule has 0 unspecified atom stereocenters. The highest BCUT2D eigenvalue weighted by molar-refractivity contribution is 14.0. The van der Waals surface area contributed by atoms with Crippen LogP contribution < -0.4 is 10.6 Å². The zero-order chi connectivity index (χ0) is 16.8. The summed E-state index contributed by atoms with van der Waals surface area (Å²) in [6.07, 6.45) is 9.02. The van der Waals surface area contributed by atoms with E-state index >= 15 is 0 Å². The monoisotopic (exact) mass is 453 g/mol. The summed E-state index contributed by atoms with van der Waals surface area (Å²) in [5.41, 5.74) is 2.55. The van der Waals surface area contributed by atoms with Crippen LogP contribution in [0.3, 0.4) is 0 Å². The SMILES string of the molecule is CN=C(NCc1cccc(Cn2ccnc2C)c1)NC1CCCC1.I. The molecule has 0 aliphatic heterocycles. The lowest BCUT2D eigenvalue weighted by Gasteiger charge is -2.17. The van der Waals surface area contributed by atoms with E-state index in [1.807, 2.05) is 26.4 Å². The standard InChI is InChI=1S/C19H27N5.HI/c1-15-21-10-11-24(15)14-17-7-5-6-16(12-17)13-22-19(20-2)23-18-8-3-4-9-18;/h5-7,10-12,18H,3-4,8-9,13-14H2,1-2H3,(H2,20,22,23);1H. The molecule has 0 atom stereocenters. The molecule has 3 rings (SSSR count). The van der Waals surface area contributed by atoms with Gasteiger partial charge in [0.1, 0.15) is 5.82 Å². The van der Waals surface area contributed by atoms with Crippen LogP contribution in [0.25, 0.3) is 0 Å². The van der Waals surface area contributed by atoms with Crippen LogP contribution in [0, 0.1) is 6.92 Å². The van der Waals surface area contributed by atoms with Gasteiger partial charge in [-0.05, 0) is 30.9 Å². The fourth-order valence-electron chi connectivity index (χ4n) is 3.25. The molecule has 1 aromatic heterocycles. The Labute approximate surface area is 167 Å². The van der Waals surface area contributed by atoms with Gasteiger partial charge < -0.3 is 15.2 Å². The van der Waals surface area contributed by atoms with Crippen molar-refractivity contribution < 1.29 is 0 Å². The molecule has 136 valence electrons. The Bertz CT molecular complexity index is 689. The molecule has 5 nitrogen and oxygen atoms in total. The van der Waals surface area contributed by atoms with Gasteiger partial charge in [-0.15, -0.1) is 24.0 Å².